The molecule has 4 rings (SSSR count). The average Bonchev–Trinajstić information content (AvgIpc) is 3.24. The lowest BCUT2D eigenvalue weighted by molar-refractivity contribution is -0.125. The Balaban J connectivity index is 1.37. The van der Waals surface area contributed by atoms with Crippen molar-refractivity contribution in [2.45, 2.75) is 26.3 Å². The van der Waals surface area contributed by atoms with Crippen molar-refractivity contribution in [3.63, 3.8) is 0 Å². The Morgan fingerprint density at radius 2 is 2.03 bits per heavy atom. The maximum absolute atomic E-state index is 12.7. The molecule has 0 radical (unpaired) electrons. The molecule has 3 aromatic rings. The van der Waals surface area contributed by atoms with Gasteiger partial charge in [-0.25, -0.2) is 4.98 Å². The number of para-hydroxylation sites is 1. The fourth-order valence-corrected chi connectivity index (χ4v) is 3.76. The minimum atomic E-state index is -0.0180. The van der Waals surface area contributed by atoms with Crippen LogP contribution in [-0.2, 0) is 11.3 Å². The van der Waals surface area contributed by atoms with Crippen molar-refractivity contribution < 1.29 is 14.1 Å². The van der Waals surface area contributed by atoms with Gasteiger partial charge in [0, 0.05) is 44.2 Å². The third-order valence-corrected chi connectivity index (χ3v) is 5.37. The summed E-state index contributed by atoms with van der Waals surface area (Å²) < 4.78 is 10.5. The zero-order valence-corrected chi connectivity index (χ0v) is 17.2. The molecule has 3 heterocycles. The van der Waals surface area contributed by atoms with Gasteiger partial charge in [-0.2, -0.15) is 4.98 Å². The van der Waals surface area contributed by atoms with Gasteiger partial charge in [0.25, 0.3) is 0 Å². The molecule has 1 saturated heterocycles. The first-order valence-corrected chi connectivity index (χ1v) is 10.1. The van der Waals surface area contributed by atoms with Crippen molar-refractivity contribution in [1.82, 2.24) is 20.4 Å². The number of nitrogens with zero attached hydrogens (tertiary/aromatic N) is 4. The SMILES string of the molecule is COc1ccccc1CNC(=O)C1CCN(c2ncccc2-c2noc(C)n2)CC1. The summed E-state index contributed by atoms with van der Waals surface area (Å²) in [6.07, 6.45) is 3.29. The number of nitrogens with one attached hydrogen (secondary N) is 1. The zero-order valence-electron chi connectivity index (χ0n) is 17.2. The molecule has 0 bridgehead atoms. The van der Waals surface area contributed by atoms with Crippen LogP contribution in [0.3, 0.4) is 0 Å². The largest absolute Gasteiger partial charge is 0.496 e. The summed E-state index contributed by atoms with van der Waals surface area (Å²) in [5.74, 6) is 2.72. The first-order valence-electron chi connectivity index (χ1n) is 10.1. The van der Waals surface area contributed by atoms with Crippen LogP contribution in [0.2, 0.25) is 0 Å². The standard InChI is InChI=1S/C22H25N5O3/c1-15-25-20(26-30-15)18-7-5-11-23-21(18)27-12-9-16(10-13-27)22(28)24-14-17-6-3-4-8-19(17)29-2/h3-8,11,16H,9-10,12-14H2,1-2H3,(H,24,28). The van der Waals surface area contributed by atoms with Gasteiger partial charge in [0.15, 0.2) is 0 Å². The molecule has 2 aromatic heterocycles. The predicted molar refractivity (Wildman–Crippen MR) is 112 cm³/mol. The van der Waals surface area contributed by atoms with Crippen LogP contribution in [0.4, 0.5) is 5.82 Å². The number of pyridine rings is 1. The van der Waals surface area contributed by atoms with Gasteiger partial charge in [0.1, 0.15) is 11.6 Å². The number of amides is 1. The zero-order chi connectivity index (χ0) is 20.9. The highest BCUT2D eigenvalue weighted by Gasteiger charge is 2.27. The number of aromatic nitrogens is 3. The van der Waals surface area contributed by atoms with Crippen LogP contribution in [0.5, 0.6) is 5.75 Å². The number of aryl methyl sites for hydroxylation is 1. The Bertz CT molecular complexity index is 1010. The number of methoxy groups -OCH3 is 1. The van der Waals surface area contributed by atoms with Gasteiger partial charge in [0.05, 0.1) is 12.7 Å². The first-order chi connectivity index (χ1) is 14.7. The summed E-state index contributed by atoms with van der Waals surface area (Å²) in [6.45, 7) is 3.72. The number of hydrogen-bond donors (Lipinski definition) is 1. The van der Waals surface area contributed by atoms with Crippen molar-refractivity contribution >= 4 is 11.7 Å². The van der Waals surface area contributed by atoms with Crippen molar-refractivity contribution in [2.24, 2.45) is 5.92 Å². The maximum atomic E-state index is 12.7. The van der Waals surface area contributed by atoms with Crippen molar-refractivity contribution in [2.75, 3.05) is 25.1 Å². The van der Waals surface area contributed by atoms with Gasteiger partial charge in [-0.1, -0.05) is 23.4 Å². The summed E-state index contributed by atoms with van der Waals surface area (Å²) in [5.41, 5.74) is 1.81. The number of ether oxygens (including phenoxy) is 1. The van der Waals surface area contributed by atoms with Crippen molar-refractivity contribution in [1.29, 1.82) is 0 Å². The van der Waals surface area contributed by atoms with E-state index in [2.05, 4.69) is 25.3 Å². The lowest BCUT2D eigenvalue weighted by Gasteiger charge is -2.33. The average molecular weight is 407 g/mol. The highest BCUT2D eigenvalue weighted by molar-refractivity contribution is 5.79. The molecule has 1 fully saturated rings. The van der Waals surface area contributed by atoms with Crippen LogP contribution in [-0.4, -0.2) is 41.2 Å². The maximum Gasteiger partial charge on any atom is 0.223 e. The number of hydrogen-bond acceptors (Lipinski definition) is 7. The molecule has 0 atom stereocenters. The molecule has 1 N–H and O–H groups in total. The molecular formula is C22H25N5O3. The Morgan fingerprint density at radius 1 is 1.23 bits per heavy atom. The molecule has 1 aliphatic rings. The summed E-state index contributed by atoms with van der Waals surface area (Å²) >= 11 is 0. The van der Waals surface area contributed by atoms with Gasteiger partial charge < -0.3 is 19.5 Å². The summed E-state index contributed by atoms with van der Waals surface area (Å²) in [7, 11) is 1.64. The monoisotopic (exact) mass is 407 g/mol. The van der Waals surface area contributed by atoms with Gasteiger partial charge in [-0.3, -0.25) is 4.79 Å². The molecular weight excluding hydrogens is 382 g/mol. The van der Waals surface area contributed by atoms with Crippen LogP contribution in [0.1, 0.15) is 24.3 Å². The van der Waals surface area contributed by atoms with E-state index in [1.54, 1.807) is 20.2 Å². The third kappa shape index (κ3) is 4.27. The predicted octanol–water partition coefficient (Wildman–Crippen LogP) is 2.98. The second-order valence-corrected chi connectivity index (χ2v) is 7.30. The Labute approximate surface area is 175 Å². The highest BCUT2D eigenvalue weighted by Crippen LogP contribution is 2.30. The van der Waals surface area contributed by atoms with Crippen molar-refractivity contribution in [3.05, 3.63) is 54.0 Å². The van der Waals surface area contributed by atoms with E-state index in [4.69, 9.17) is 9.26 Å². The number of rotatable bonds is 6. The minimum absolute atomic E-state index is 0.0180. The van der Waals surface area contributed by atoms with Crippen LogP contribution in [0, 0.1) is 12.8 Å². The molecule has 30 heavy (non-hydrogen) atoms. The van der Waals surface area contributed by atoms with Gasteiger partial charge in [-0.05, 0) is 31.0 Å². The first kappa shape index (κ1) is 19.9. The second kappa shape index (κ2) is 8.94. The molecule has 0 spiro atoms. The van der Waals surface area contributed by atoms with Gasteiger partial charge in [0.2, 0.25) is 17.6 Å². The van der Waals surface area contributed by atoms with Gasteiger partial charge >= 0.3 is 0 Å². The number of carbonyl (C=O) groups excluding carboxylic acids is 1. The van der Waals surface area contributed by atoms with Gasteiger partial charge in [-0.15, -0.1) is 0 Å². The molecule has 8 nitrogen and oxygen atoms in total. The molecule has 0 unspecified atom stereocenters. The summed E-state index contributed by atoms with van der Waals surface area (Å²) in [5, 5.41) is 7.08. The Kier molecular flexibility index (Phi) is 5.92. The fourth-order valence-electron chi connectivity index (χ4n) is 3.76. The summed E-state index contributed by atoms with van der Waals surface area (Å²) in [4.78, 5) is 23.7. The minimum Gasteiger partial charge on any atom is -0.496 e. The smallest absolute Gasteiger partial charge is 0.223 e. The number of anilines is 1. The number of carbonyl (C=O) groups is 1. The fraction of sp³-hybridized carbons (Fsp3) is 0.364. The third-order valence-electron chi connectivity index (χ3n) is 5.37. The van der Waals surface area contributed by atoms with Crippen LogP contribution in [0.15, 0.2) is 47.1 Å². The topological polar surface area (TPSA) is 93.4 Å². The summed E-state index contributed by atoms with van der Waals surface area (Å²) in [6, 6.07) is 11.5. The van der Waals surface area contributed by atoms with E-state index >= 15 is 0 Å². The van der Waals surface area contributed by atoms with E-state index in [1.807, 2.05) is 36.4 Å². The van der Waals surface area contributed by atoms with Crippen LogP contribution < -0.4 is 15.0 Å². The molecule has 0 saturated carbocycles. The number of piperidine rings is 1. The Hall–Kier alpha value is -3.42. The molecule has 1 aromatic carbocycles. The molecule has 8 heteroatoms. The van der Waals surface area contributed by atoms with E-state index in [0.717, 1.165) is 48.6 Å². The molecule has 156 valence electrons. The lowest BCUT2D eigenvalue weighted by atomic mass is 9.95. The van der Waals surface area contributed by atoms with Crippen molar-refractivity contribution in [3.8, 4) is 17.1 Å². The quantitative estimate of drug-likeness (QED) is 0.671. The molecule has 1 amide bonds. The van der Waals surface area contributed by atoms with E-state index in [1.165, 1.54) is 0 Å². The van der Waals surface area contributed by atoms with Crippen LogP contribution >= 0.6 is 0 Å². The van der Waals surface area contributed by atoms with E-state index in [9.17, 15) is 4.79 Å². The lowest BCUT2D eigenvalue weighted by Crippen LogP contribution is -2.40. The van der Waals surface area contributed by atoms with E-state index < -0.39 is 0 Å². The normalized spacial score (nSPS) is 14.5. The molecule has 1 aliphatic heterocycles. The van der Waals surface area contributed by atoms with E-state index in [-0.39, 0.29) is 11.8 Å². The number of benzene rings is 1. The van der Waals surface area contributed by atoms with E-state index in [0.29, 0.717) is 18.3 Å². The van der Waals surface area contributed by atoms with Crippen LogP contribution in [0.25, 0.3) is 11.4 Å². The highest BCUT2D eigenvalue weighted by atomic mass is 16.5. The second-order valence-electron chi connectivity index (χ2n) is 7.30. The Morgan fingerprint density at radius 3 is 2.77 bits per heavy atom. The molecule has 0 aliphatic carbocycles.